The van der Waals surface area contributed by atoms with Crippen LogP contribution in [-0.2, 0) is 4.74 Å². The van der Waals surface area contributed by atoms with Crippen molar-refractivity contribution in [3.8, 4) is 11.1 Å². The molecule has 22 heavy (non-hydrogen) atoms. The number of nitrogens with one attached hydrogen (secondary N) is 1. The van der Waals surface area contributed by atoms with Gasteiger partial charge in [-0.15, -0.1) is 0 Å². The van der Waals surface area contributed by atoms with Gasteiger partial charge in [-0.25, -0.2) is 4.79 Å². The summed E-state index contributed by atoms with van der Waals surface area (Å²) in [5.41, 5.74) is 5.76. The van der Waals surface area contributed by atoms with E-state index in [2.05, 4.69) is 31.0 Å². The van der Waals surface area contributed by atoms with Gasteiger partial charge in [0.1, 0.15) is 5.69 Å². The van der Waals surface area contributed by atoms with Crippen molar-refractivity contribution in [2.45, 2.75) is 20.8 Å². The molecule has 2 aromatic carbocycles. The van der Waals surface area contributed by atoms with E-state index in [1.54, 1.807) is 0 Å². The van der Waals surface area contributed by atoms with E-state index in [1.807, 2.05) is 37.3 Å². The molecule has 0 aliphatic carbocycles. The molecule has 112 valence electrons. The molecule has 0 saturated carbocycles. The highest BCUT2D eigenvalue weighted by atomic mass is 16.5. The third-order valence-electron chi connectivity index (χ3n) is 3.79. The lowest BCUT2D eigenvalue weighted by Crippen LogP contribution is -2.06. The zero-order chi connectivity index (χ0) is 15.7. The molecule has 0 spiro atoms. The smallest absolute Gasteiger partial charge is 0.355 e. The normalized spacial score (nSPS) is 10.9. The average Bonchev–Trinajstić information content (AvgIpc) is 2.88. The van der Waals surface area contributed by atoms with Crippen LogP contribution in [0.2, 0.25) is 0 Å². The van der Waals surface area contributed by atoms with Crippen molar-refractivity contribution < 1.29 is 9.53 Å². The summed E-state index contributed by atoms with van der Waals surface area (Å²) in [5, 5.41) is 1.06. The summed E-state index contributed by atoms with van der Waals surface area (Å²) in [4.78, 5) is 15.6. The van der Waals surface area contributed by atoms with Crippen molar-refractivity contribution in [2.24, 2.45) is 0 Å². The Balaban J connectivity index is 2.34. The van der Waals surface area contributed by atoms with Crippen molar-refractivity contribution in [1.29, 1.82) is 0 Å². The number of rotatable bonds is 3. The SMILES string of the molecule is CCOC(=O)c1[nH]c2c(C)cc(C)cc2c1-c1ccccc1. The zero-order valence-corrected chi connectivity index (χ0v) is 13.1. The van der Waals surface area contributed by atoms with E-state index in [-0.39, 0.29) is 5.97 Å². The Labute approximate surface area is 129 Å². The first-order chi connectivity index (χ1) is 10.6. The van der Waals surface area contributed by atoms with Crippen LogP contribution in [0.4, 0.5) is 0 Å². The minimum atomic E-state index is -0.311. The van der Waals surface area contributed by atoms with Crippen LogP contribution in [0.3, 0.4) is 0 Å². The summed E-state index contributed by atoms with van der Waals surface area (Å²) in [6, 6.07) is 14.2. The van der Waals surface area contributed by atoms with Crippen molar-refractivity contribution in [2.75, 3.05) is 6.61 Å². The van der Waals surface area contributed by atoms with E-state index in [9.17, 15) is 4.79 Å². The Hall–Kier alpha value is -2.55. The fraction of sp³-hybridized carbons (Fsp3) is 0.211. The Bertz CT molecular complexity index is 832. The number of carbonyl (C=O) groups is 1. The number of carbonyl (C=O) groups excluding carboxylic acids is 1. The molecule has 1 N–H and O–H groups in total. The minimum absolute atomic E-state index is 0.311. The molecule has 3 rings (SSSR count). The van der Waals surface area contributed by atoms with Gasteiger partial charge >= 0.3 is 5.97 Å². The number of aromatic nitrogens is 1. The standard InChI is InChI=1S/C19H19NO2/c1-4-22-19(21)18-16(14-8-6-5-7-9-14)15-11-12(2)10-13(3)17(15)20-18/h5-11,20H,4H2,1-3H3. The van der Waals surface area contributed by atoms with Crippen LogP contribution in [0.25, 0.3) is 22.0 Å². The fourth-order valence-electron chi connectivity index (χ4n) is 2.91. The molecule has 0 amide bonds. The van der Waals surface area contributed by atoms with Crippen molar-refractivity contribution in [3.63, 3.8) is 0 Å². The first-order valence-electron chi connectivity index (χ1n) is 7.47. The third-order valence-corrected chi connectivity index (χ3v) is 3.79. The van der Waals surface area contributed by atoms with E-state index in [0.29, 0.717) is 12.3 Å². The Morgan fingerprint density at radius 3 is 2.55 bits per heavy atom. The van der Waals surface area contributed by atoms with Crippen LogP contribution in [0, 0.1) is 13.8 Å². The second kappa shape index (κ2) is 5.68. The zero-order valence-electron chi connectivity index (χ0n) is 13.1. The number of aromatic amines is 1. The molecule has 3 heteroatoms. The maximum Gasteiger partial charge on any atom is 0.355 e. The minimum Gasteiger partial charge on any atom is -0.461 e. The molecule has 0 radical (unpaired) electrons. The number of esters is 1. The van der Waals surface area contributed by atoms with Gasteiger partial charge in [0.05, 0.1) is 6.61 Å². The molecule has 0 unspecified atom stereocenters. The molecular weight excluding hydrogens is 274 g/mol. The quantitative estimate of drug-likeness (QED) is 0.715. The van der Waals surface area contributed by atoms with Crippen LogP contribution in [0.5, 0.6) is 0 Å². The summed E-state index contributed by atoms with van der Waals surface area (Å²) in [6.07, 6.45) is 0. The van der Waals surface area contributed by atoms with Gasteiger partial charge in [-0.1, -0.05) is 42.0 Å². The summed E-state index contributed by atoms with van der Waals surface area (Å²) in [6.45, 7) is 6.30. The number of hydrogen-bond acceptors (Lipinski definition) is 2. The number of H-pyrrole nitrogens is 1. The van der Waals surface area contributed by atoms with Gasteiger partial charge in [-0.3, -0.25) is 0 Å². The number of aryl methyl sites for hydroxylation is 2. The van der Waals surface area contributed by atoms with Crippen LogP contribution < -0.4 is 0 Å². The first kappa shape index (κ1) is 14.4. The van der Waals surface area contributed by atoms with Crippen LogP contribution in [0.1, 0.15) is 28.5 Å². The molecule has 3 aromatic rings. The van der Waals surface area contributed by atoms with Gasteiger partial charge in [-0.2, -0.15) is 0 Å². The van der Waals surface area contributed by atoms with Crippen molar-refractivity contribution in [3.05, 3.63) is 59.3 Å². The summed E-state index contributed by atoms with van der Waals surface area (Å²) in [5.74, 6) is -0.311. The highest BCUT2D eigenvalue weighted by Gasteiger charge is 2.21. The second-order valence-corrected chi connectivity index (χ2v) is 5.47. The predicted octanol–water partition coefficient (Wildman–Crippen LogP) is 4.63. The first-order valence-corrected chi connectivity index (χ1v) is 7.47. The summed E-state index contributed by atoms with van der Waals surface area (Å²) < 4.78 is 5.22. The van der Waals surface area contributed by atoms with E-state index < -0.39 is 0 Å². The van der Waals surface area contributed by atoms with Crippen LogP contribution in [-0.4, -0.2) is 17.6 Å². The van der Waals surface area contributed by atoms with E-state index in [1.165, 1.54) is 5.56 Å². The molecule has 3 nitrogen and oxygen atoms in total. The highest BCUT2D eigenvalue weighted by Crippen LogP contribution is 2.35. The van der Waals surface area contributed by atoms with E-state index in [0.717, 1.165) is 27.6 Å². The Morgan fingerprint density at radius 2 is 1.86 bits per heavy atom. The van der Waals surface area contributed by atoms with Crippen LogP contribution >= 0.6 is 0 Å². The third kappa shape index (κ3) is 2.39. The lowest BCUT2D eigenvalue weighted by atomic mass is 9.99. The van der Waals surface area contributed by atoms with Gasteiger partial charge in [0.15, 0.2) is 0 Å². The van der Waals surface area contributed by atoms with Gasteiger partial charge < -0.3 is 9.72 Å². The average molecular weight is 293 g/mol. The highest BCUT2D eigenvalue weighted by molar-refractivity contribution is 6.08. The monoisotopic (exact) mass is 293 g/mol. The Morgan fingerprint density at radius 1 is 1.14 bits per heavy atom. The molecule has 0 fully saturated rings. The van der Waals surface area contributed by atoms with Crippen LogP contribution in [0.15, 0.2) is 42.5 Å². The predicted molar refractivity (Wildman–Crippen MR) is 89.2 cm³/mol. The van der Waals surface area contributed by atoms with E-state index in [4.69, 9.17) is 4.74 Å². The molecule has 0 bridgehead atoms. The van der Waals surface area contributed by atoms with Gasteiger partial charge in [-0.05, 0) is 38.0 Å². The molecule has 0 aliphatic rings. The lowest BCUT2D eigenvalue weighted by molar-refractivity contribution is 0.0521. The number of fused-ring (bicyclic) bond motifs is 1. The lowest BCUT2D eigenvalue weighted by Gasteiger charge is -2.05. The Kier molecular flexibility index (Phi) is 3.72. The largest absolute Gasteiger partial charge is 0.461 e. The molecule has 1 heterocycles. The van der Waals surface area contributed by atoms with E-state index >= 15 is 0 Å². The van der Waals surface area contributed by atoms with Gasteiger partial charge in [0.25, 0.3) is 0 Å². The molecule has 0 saturated heterocycles. The van der Waals surface area contributed by atoms with Gasteiger partial charge in [0, 0.05) is 16.5 Å². The number of ether oxygens (including phenoxy) is 1. The summed E-state index contributed by atoms with van der Waals surface area (Å²) >= 11 is 0. The second-order valence-electron chi connectivity index (χ2n) is 5.47. The van der Waals surface area contributed by atoms with Crippen molar-refractivity contribution >= 4 is 16.9 Å². The maximum atomic E-state index is 12.4. The van der Waals surface area contributed by atoms with Gasteiger partial charge in [0.2, 0.25) is 0 Å². The molecular formula is C19H19NO2. The number of benzene rings is 2. The fourth-order valence-corrected chi connectivity index (χ4v) is 2.91. The summed E-state index contributed by atoms with van der Waals surface area (Å²) in [7, 11) is 0. The van der Waals surface area contributed by atoms with Crippen molar-refractivity contribution in [1.82, 2.24) is 4.98 Å². The topological polar surface area (TPSA) is 42.1 Å². The molecule has 0 aliphatic heterocycles. The molecule has 1 aromatic heterocycles. The maximum absolute atomic E-state index is 12.4. The number of hydrogen-bond donors (Lipinski definition) is 1. The molecule has 0 atom stereocenters.